The van der Waals surface area contributed by atoms with E-state index < -0.39 is 54.8 Å². The van der Waals surface area contributed by atoms with Gasteiger partial charge in [-0.15, -0.1) is 0 Å². The predicted molar refractivity (Wildman–Crippen MR) is 251 cm³/mol. The van der Waals surface area contributed by atoms with E-state index in [0.29, 0.717) is 72.3 Å². The minimum absolute atomic E-state index is 0.0648. The second-order valence-electron chi connectivity index (χ2n) is 17.1. The lowest BCUT2D eigenvalue weighted by molar-refractivity contribution is -0.129. The van der Waals surface area contributed by atoms with E-state index in [-0.39, 0.29) is 52.2 Å². The van der Waals surface area contributed by atoms with E-state index in [9.17, 15) is 43.8 Å². The van der Waals surface area contributed by atoms with Crippen molar-refractivity contribution in [3.8, 4) is 28.2 Å². The van der Waals surface area contributed by atoms with Crippen molar-refractivity contribution >= 4 is 46.5 Å². The number of amides is 4. The molecule has 16 nitrogen and oxygen atoms in total. The number of carbonyl (C=O) groups is 6. The number of phenolic OH excluding ortho intramolecular Hbond substituents is 1. The van der Waals surface area contributed by atoms with Gasteiger partial charge >= 0.3 is 18.0 Å². The van der Waals surface area contributed by atoms with Crippen molar-refractivity contribution in [3.05, 3.63) is 111 Å². The van der Waals surface area contributed by atoms with E-state index in [4.69, 9.17) is 13.9 Å². The molecule has 2 aliphatic heterocycles. The van der Waals surface area contributed by atoms with Gasteiger partial charge in [-0.2, -0.15) is 0 Å². The number of hydrogen-bond donors (Lipinski definition) is 5. The fourth-order valence-electron chi connectivity index (χ4n) is 8.35. The molecule has 354 valence electrons. The monoisotopic (exact) mass is 918 g/mol. The highest BCUT2D eigenvalue weighted by molar-refractivity contribution is 6.09. The molecule has 2 heterocycles. The fourth-order valence-corrected chi connectivity index (χ4v) is 8.35. The summed E-state index contributed by atoms with van der Waals surface area (Å²) in [5, 5.41) is 28.8. The van der Waals surface area contributed by atoms with Crippen LogP contribution in [0.15, 0.2) is 82.0 Å². The Bertz CT molecular complexity index is 2610. The number of urea groups is 1. The number of hydrogen-bond acceptors (Lipinski definition) is 11. The molecule has 4 amide bonds. The number of carboxylic acids is 1. The summed E-state index contributed by atoms with van der Waals surface area (Å²) in [5.74, 6) is -2.60. The number of nitrogens with zero attached hydrogens (tertiary/aromatic N) is 1. The molecule has 7 rings (SSSR count). The first-order valence-electron chi connectivity index (χ1n) is 22.7. The first kappa shape index (κ1) is 49.4. The molecule has 1 atom stereocenters. The number of unbranched alkanes of at least 4 members (excludes halogenated alkanes) is 1. The number of carbonyl (C=O) groups excluding carboxylic acids is 5. The van der Waals surface area contributed by atoms with Gasteiger partial charge in [-0.05, 0) is 92.1 Å². The van der Waals surface area contributed by atoms with Crippen LogP contribution in [0, 0.1) is 19.8 Å². The zero-order valence-corrected chi connectivity index (χ0v) is 38.1. The lowest BCUT2D eigenvalue weighted by atomic mass is 9.90. The summed E-state index contributed by atoms with van der Waals surface area (Å²) < 4.78 is 16.5. The normalized spacial score (nSPS) is 14.3. The second kappa shape index (κ2) is 23.4. The van der Waals surface area contributed by atoms with Crippen molar-refractivity contribution in [3.63, 3.8) is 0 Å². The molecule has 5 N–H and O–H groups in total. The molecule has 0 spiro atoms. The number of ketones is 1. The van der Waals surface area contributed by atoms with Crippen LogP contribution in [0.2, 0.25) is 0 Å². The molecule has 1 saturated heterocycles. The topological polar surface area (TPSA) is 231 Å². The van der Waals surface area contributed by atoms with Gasteiger partial charge in [0.15, 0.2) is 17.8 Å². The quantitative estimate of drug-likeness (QED) is 0.0405. The van der Waals surface area contributed by atoms with Gasteiger partial charge in [-0.1, -0.05) is 63.3 Å². The van der Waals surface area contributed by atoms with Crippen LogP contribution in [-0.2, 0) is 19.1 Å². The third-order valence-electron chi connectivity index (χ3n) is 12.0. The van der Waals surface area contributed by atoms with E-state index in [1.165, 1.54) is 85.5 Å². The molecular formula is C51H58N4O12. The van der Waals surface area contributed by atoms with Crippen LogP contribution in [0.3, 0.4) is 0 Å². The Morgan fingerprint density at radius 2 is 1.57 bits per heavy atom. The highest BCUT2D eigenvalue weighted by Crippen LogP contribution is 2.42. The Morgan fingerprint density at radius 3 is 2.25 bits per heavy atom. The van der Waals surface area contributed by atoms with Crippen LogP contribution in [0.5, 0.6) is 5.75 Å². The third-order valence-corrected chi connectivity index (χ3v) is 12.0. The Labute approximate surface area is 388 Å². The Morgan fingerprint density at radius 1 is 0.851 bits per heavy atom. The number of aromatic carboxylic acids is 1. The van der Waals surface area contributed by atoms with Crippen molar-refractivity contribution in [1.29, 1.82) is 0 Å². The Hall–Kier alpha value is -7.07. The molecule has 0 bridgehead atoms. The molecule has 67 heavy (non-hydrogen) atoms. The molecule has 3 aromatic rings. The van der Waals surface area contributed by atoms with E-state index in [0.717, 1.165) is 5.92 Å². The molecule has 16 heteroatoms. The standard InChI is InChI=1S/C44H44N4O12.C7H14/c1-25-6-5-7-26(2)39(25)43(56)59-24-35(51)34(47-38(52)23-46-44(57)48-16-18-58-19-17-48)8-3-4-15-45-41(53)27-9-12-30(33(20-27)42(54)55)40-31-13-10-28(49)21-36(31)60-37-22-29(50)11-14-32(37)40;1-7-5-3-2-4-6-7/h5-7,9-14,20-22,34,49H,3-4,8,15-19,23-24H2,1-2H3,(H,45,53)(H,46,57)(H,47,52)(H,54,55);7H,2-6H2,1H3. The largest absolute Gasteiger partial charge is 0.508 e. The van der Waals surface area contributed by atoms with Crippen LogP contribution in [0.1, 0.15) is 100 Å². The molecule has 2 aliphatic carbocycles. The Balaban J connectivity index is 0.000000967. The van der Waals surface area contributed by atoms with Gasteiger partial charge in [0.05, 0.1) is 36.9 Å². The molecule has 0 aromatic heterocycles. The number of aromatic hydroxyl groups is 1. The summed E-state index contributed by atoms with van der Waals surface area (Å²) >= 11 is 0. The van der Waals surface area contributed by atoms with E-state index in [2.05, 4.69) is 22.9 Å². The minimum Gasteiger partial charge on any atom is -0.508 e. The number of nitrogens with one attached hydrogen (secondary N) is 3. The molecule has 3 aromatic carbocycles. The van der Waals surface area contributed by atoms with Crippen molar-refractivity contribution in [1.82, 2.24) is 20.9 Å². The zero-order valence-electron chi connectivity index (χ0n) is 38.1. The number of esters is 1. The van der Waals surface area contributed by atoms with Gasteiger partial charge < -0.3 is 45.0 Å². The number of morpholine rings is 1. The molecular weight excluding hydrogens is 861 g/mol. The van der Waals surface area contributed by atoms with E-state index >= 15 is 0 Å². The number of carboxylic acid groups (broad SMARTS) is 1. The first-order valence-corrected chi connectivity index (χ1v) is 22.7. The summed E-state index contributed by atoms with van der Waals surface area (Å²) in [4.78, 5) is 91.3. The number of benzene rings is 4. The smallest absolute Gasteiger partial charge is 0.339 e. The van der Waals surface area contributed by atoms with Gasteiger partial charge in [0.25, 0.3) is 5.91 Å². The summed E-state index contributed by atoms with van der Waals surface area (Å²) in [7, 11) is 0. The van der Waals surface area contributed by atoms with Crippen LogP contribution in [0.25, 0.3) is 33.4 Å². The maximum atomic E-state index is 13.4. The van der Waals surface area contributed by atoms with Crippen molar-refractivity contribution in [2.24, 2.45) is 5.92 Å². The number of rotatable bonds is 15. The van der Waals surface area contributed by atoms with Crippen molar-refractivity contribution in [2.45, 2.75) is 78.2 Å². The maximum absolute atomic E-state index is 13.4. The van der Waals surface area contributed by atoms with E-state index in [1.54, 1.807) is 38.1 Å². The first-order chi connectivity index (χ1) is 32.2. The van der Waals surface area contributed by atoms with Gasteiger partial charge in [-0.3, -0.25) is 19.2 Å². The summed E-state index contributed by atoms with van der Waals surface area (Å²) in [5.41, 5.74) is 2.63. The van der Waals surface area contributed by atoms with Crippen molar-refractivity contribution < 1.29 is 52.9 Å². The van der Waals surface area contributed by atoms with Crippen LogP contribution >= 0.6 is 0 Å². The molecule has 2 fully saturated rings. The summed E-state index contributed by atoms with van der Waals surface area (Å²) in [6, 6.07) is 16.5. The third kappa shape index (κ3) is 13.3. The molecule has 0 radical (unpaired) electrons. The maximum Gasteiger partial charge on any atom is 0.339 e. The Kier molecular flexibility index (Phi) is 17.2. The van der Waals surface area contributed by atoms with Gasteiger partial charge in [0.2, 0.25) is 5.91 Å². The summed E-state index contributed by atoms with van der Waals surface area (Å²) in [6.45, 7) is 6.50. The average molecular weight is 919 g/mol. The summed E-state index contributed by atoms with van der Waals surface area (Å²) in [6.07, 6.45) is 8.24. The van der Waals surface area contributed by atoms with E-state index in [1.807, 2.05) is 0 Å². The molecule has 1 saturated carbocycles. The number of fused-ring (bicyclic) bond motifs is 2. The van der Waals surface area contributed by atoms with Crippen LogP contribution in [-0.4, -0.2) is 103 Å². The number of ether oxygens (including phenoxy) is 2. The number of phenols is 1. The number of aryl methyl sites for hydroxylation is 2. The second-order valence-corrected chi connectivity index (χ2v) is 17.1. The highest BCUT2D eigenvalue weighted by atomic mass is 16.5. The lowest BCUT2D eigenvalue weighted by Crippen LogP contribution is -2.50. The number of Topliss-reactive ketones (excluding diaryl/α,β-unsaturated/α-hetero) is 1. The van der Waals surface area contributed by atoms with Crippen LogP contribution < -0.4 is 21.4 Å². The zero-order chi connectivity index (χ0) is 48.0. The highest BCUT2D eigenvalue weighted by Gasteiger charge is 2.26. The minimum atomic E-state index is -1.31. The fraction of sp³-hybridized carbons (Fsp3) is 0.392. The lowest BCUT2D eigenvalue weighted by Gasteiger charge is -2.27. The predicted octanol–water partition coefficient (Wildman–Crippen LogP) is 7.02. The molecule has 4 aliphatic rings. The van der Waals surface area contributed by atoms with Gasteiger partial charge in [0, 0.05) is 53.8 Å². The average Bonchev–Trinajstić information content (AvgIpc) is 3.31. The SMILES string of the molecule is CC1CCCCC1.Cc1cccc(C)c1C(=O)OCC(=O)C(CCCCNC(=O)c1ccc(-c2c3ccc(=O)cc-3oc3cc(O)ccc23)c(C(=O)O)c1)NC(=O)CNC(=O)N1CCOCC1. The van der Waals surface area contributed by atoms with Gasteiger partial charge in [-0.25, -0.2) is 14.4 Å². The van der Waals surface area contributed by atoms with Crippen LogP contribution in [0.4, 0.5) is 4.79 Å². The van der Waals surface area contributed by atoms with Crippen molar-refractivity contribution in [2.75, 3.05) is 46.0 Å². The van der Waals surface area contributed by atoms with Gasteiger partial charge in [0.1, 0.15) is 17.1 Å². The molecule has 1 unspecified atom stereocenters.